The zero-order valence-corrected chi connectivity index (χ0v) is 33.2. The molecule has 1 unspecified atom stereocenters. The SMILES string of the molecule is CCC1C(=O)CN(Cc2ncc(C)c(OC)c2C)c2nc(N)nc(Cl)c21.COc1c(C)cnc(CN2CC(=O)C3(CCCC3)c3c(Cl)nc(N)nc32)c1C. The molecule has 0 aromatic carbocycles. The van der Waals surface area contributed by atoms with Gasteiger partial charge in [-0.1, -0.05) is 43.0 Å². The first-order chi connectivity index (χ1) is 25.7. The quantitative estimate of drug-likeness (QED) is 0.210. The van der Waals surface area contributed by atoms with E-state index in [1.807, 2.05) is 44.4 Å². The summed E-state index contributed by atoms with van der Waals surface area (Å²) in [6, 6.07) is 0. The molecule has 14 nitrogen and oxygen atoms in total. The largest absolute Gasteiger partial charge is 0.496 e. The third kappa shape index (κ3) is 6.97. The van der Waals surface area contributed by atoms with Crippen LogP contribution in [-0.4, -0.2) is 68.8 Å². The topological polar surface area (TPSA) is 188 Å². The lowest BCUT2D eigenvalue weighted by Crippen LogP contribution is -2.48. The predicted octanol–water partition coefficient (Wildman–Crippen LogP) is 5.95. The average Bonchev–Trinajstić information content (AvgIpc) is 3.61. The van der Waals surface area contributed by atoms with E-state index in [2.05, 4.69) is 29.9 Å². The molecule has 1 aliphatic carbocycles. The molecule has 1 fully saturated rings. The van der Waals surface area contributed by atoms with Gasteiger partial charge in [-0.2, -0.15) is 9.97 Å². The number of ketones is 2. The molecule has 1 saturated carbocycles. The molecule has 7 rings (SSSR count). The number of ether oxygens (including phenoxy) is 2. The van der Waals surface area contributed by atoms with Crippen LogP contribution >= 0.6 is 23.2 Å². The van der Waals surface area contributed by atoms with Crippen LogP contribution in [0.4, 0.5) is 23.5 Å². The number of carbonyl (C=O) groups is 2. The lowest BCUT2D eigenvalue weighted by Gasteiger charge is -2.40. The number of fused-ring (bicyclic) bond motifs is 3. The number of pyridine rings is 2. The van der Waals surface area contributed by atoms with Gasteiger partial charge in [-0.3, -0.25) is 19.6 Å². The van der Waals surface area contributed by atoms with Gasteiger partial charge in [0, 0.05) is 45.8 Å². The Morgan fingerprint density at radius 3 is 1.80 bits per heavy atom. The fourth-order valence-electron chi connectivity index (χ4n) is 8.16. The van der Waals surface area contributed by atoms with Gasteiger partial charge < -0.3 is 30.7 Å². The highest BCUT2D eigenvalue weighted by atomic mass is 35.5. The number of nitrogens with zero attached hydrogens (tertiary/aromatic N) is 8. The lowest BCUT2D eigenvalue weighted by molar-refractivity contribution is -0.123. The Labute approximate surface area is 325 Å². The van der Waals surface area contributed by atoms with Crippen LogP contribution in [0.2, 0.25) is 10.3 Å². The van der Waals surface area contributed by atoms with Gasteiger partial charge in [0.15, 0.2) is 11.6 Å². The molecule has 0 bridgehead atoms. The minimum atomic E-state index is -0.579. The molecule has 1 spiro atoms. The Bertz CT molecular complexity index is 2120. The van der Waals surface area contributed by atoms with Crippen LogP contribution in [-0.2, 0) is 28.1 Å². The second-order valence-electron chi connectivity index (χ2n) is 14.1. The number of aryl methyl sites for hydroxylation is 2. The minimum Gasteiger partial charge on any atom is -0.496 e. The van der Waals surface area contributed by atoms with E-state index in [4.69, 9.17) is 44.1 Å². The molecule has 16 heteroatoms. The van der Waals surface area contributed by atoms with Crippen molar-refractivity contribution in [3.05, 3.63) is 67.5 Å². The number of nitrogen functional groups attached to an aromatic ring is 2. The molecular weight excluding hydrogens is 731 g/mol. The summed E-state index contributed by atoms with van der Waals surface area (Å²) in [5.74, 6) is 3.02. The van der Waals surface area contributed by atoms with Crippen LogP contribution in [0, 0.1) is 27.7 Å². The first-order valence-electron chi connectivity index (χ1n) is 17.9. The number of nitrogens with two attached hydrogens (primary N) is 2. The van der Waals surface area contributed by atoms with Crippen molar-refractivity contribution in [1.29, 1.82) is 0 Å². The molecule has 0 amide bonds. The third-order valence-corrected chi connectivity index (χ3v) is 11.4. The second kappa shape index (κ2) is 15.5. The molecule has 4 N–H and O–H groups in total. The number of aromatic nitrogens is 6. The molecule has 3 aliphatic rings. The van der Waals surface area contributed by atoms with E-state index >= 15 is 0 Å². The highest BCUT2D eigenvalue weighted by Gasteiger charge is 2.50. The van der Waals surface area contributed by atoms with Gasteiger partial charge in [0.2, 0.25) is 11.9 Å². The maximum atomic E-state index is 13.2. The van der Waals surface area contributed by atoms with Crippen LogP contribution in [0.25, 0.3) is 0 Å². The summed E-state index contributed by atoms with van der Waals surface area (Å²) in [5, 5.41) is 0.525. The number of halogens is 2. The number of anilines is 4. The Kier molecular flexibility index (Phi) is 11.2. The maximum Gasteiger partial charge on any atom is 0.223 e. The Balaban J connectivity index is 0.000000185. The summed E-state index contributed by atoms with van der Waals surface area (Å²) < 4.78 is 11.0. The summed E-state index contributed by atoms with van der Waals surface area (Å²) >= 11 is 12.8. The Morgan fingerprint density at radius 2 is 1.28 bits per heavy atom. The van der Waals surface area contributed by atoms with E-state index in [9.17, 15) is 9.59 Å². The summed E-state index contributed by atoms with van der Waals surface area (Å²) in [6.45, 7) is 11.1. The van der Waals surface area contributed by atoms with Crippen molar-refractivity contribution in [3.8, 4) is 11.5 Å². The van der Waals surface area contributed by atoms with Crippen molar-refractivity contribution in [3.63, 3.8) is 0 Å². The van der Waals surface area contributed by atoms with Gasteiger partial charge in [0.25, 0.3) is 0 Å². The van der Waals surface area contributed by atoms with E-state index in [0.717, 1.165) is 76.4 Å². The van der Waals surface area contributed by atoms with E-state index in [1.165, 1.54) is 0 Å². The summed E-state index contributed by atoms with van der Waals surface area (Å²) in [5.41, 5.74) is 18.0. The van der Waals surface area contributed by atoms with Gasteiger partial charge in [0.05, 0.1) is 63.1 Å². The van der Waals surface area contributed by atoms with Crippen molar-refractivity contribution < 1.29 is 19.1 Å². The molecule has 0 radical (unpaired) electrons. The number of rotatable bonds is 7. The van der Waals surface area contributed by atoms with Crippen LogP contribution in [0.5, 0.6) is 11.5 Å². The third-order valence-electron chi connectivity index (χ3n) is 10.8. The molecule has 4 aromatic rings. The first-order valence-corrected chi connectivity index (χ1v) is 18.7. The molecule has 4 aromatic heterocycles. The average molecular weight is 778 g/mol. The highest BCUT2D eigenvalue weighted by molar-refractivity contribution is 6.31. The summed E-state index contributed by atoms with van der Waals surface area (Å²) in [4.78, 5) is 55.8. The zero-order valence-electron chi connectivity index (χ0n) is 31.7. The predicted molar refractivity (Wildman–Crippen MR) is 209 cm³/mol. The van der Waals surface area contributed by atoms with Gasteiger partial charge in [-0.05, 0) is 47.0 Å². The van der Waals surface area contributed by atoms with Gasteiger partial charge in [-0.15, -0.1) is 0 Å². The van der Waals surface area contributed by atoms with E-state index in [1.54, 1.807) is 26.6 Å². The highest BCUT2D eigenvalue weighted by Crippen LogP contribution is 2.50. The van der Waals surface area contributed by atoms with E-state index in [-0.39, 0.29) is 52.8 Å². The number of Topliss-reactive ketones (excluding diaryl/α,β-unsaturated/α-hetero) is 2. The summed E-state index contributed by atoms with van der Waals surface area (Å²) in [6.07, 6.45) is 7.77. The lowest BCUT2D eigenvalue weighted by atomic mass is 9.73. The van der Waals surface area contributed by atoms with Gasteiger partial charge in [0.1, 0.15) is 33.4 Å². The van der Waals surface area contributed by atoms with E-state index in [0.29, 0.717) is 36.7 Å². The summed E-state index contributed by atoms with van der Waals surface area (Å²) in [7, 11) is 3.29. The molecule has 286 valence electrons. The maximum absolute atomic E-state index is 13.2. The second-order valence-corrected chi connectivity index (χ2v) is 14.8. The molecule has 1 atom stereocenters. The van der Waals surface area contributed by atoms with Crippen molar-refractivity contribution in [1.82, 2.24) is 29.9 Å². The van der Waals surface area contributed by atoms with Crippen LogP contribution in [0.3, 0.4) is 0 Å². The van der Waals surface area contributed by atoms with Gasteiger partial charge in [-0.25, -0.2) is 9.97 Å². The molecule has 54 heavy (non-hydrogen) atoms. The minimum absolute atomic E-state index is 0.0898. The fraction of sp³-hybridized carbons (Fsp3) is 0.474. The standard InChI is InChI=1S/C20H24ClN5O2.C18H22ClN5O2/c1-11-8-23-13(12(2)16(11)28-3)9-26-10-14(27)20(6-4-5-7-20)15-17(21)24-19(22)25-18(15)26;1-5-11-13(25)8-24(17-14(11)16(19)22-18(20)23-17)7-12-10(3)15(26-4)9(2)6-21-12/h8H,4-7,9-10H2,1-3H3,(H2,22,24,25);6,11H,5,7-8H2,1-4H3,(H2,20,22,23). The Hall–Kier alpha value is -4.82. The normalized spacial score (nSPS) is 17.2. The monoisotopic (exact) mass is 776 g/mol. The number of hydrogen-bond donors (Lipinski definition) is 2. The van der Waals surface area contributed by atoms with Crippen LogP contribution in [0.1, 0.15) is 89.7 Å². The van der Waals surface area contributed by atoms with Crippen LogP contribution < -0.4 is 30.7 Å². The molecule has 6 heterocycles. The number of methoxy groups -OCH3 is 2. The molecule has 0 saturated heterocycles. The number of hydrogen-bond acceptors (Lipinski definition) is 14. The van der Waals surface area contributed by atoms with Gasteiger partial charge >= 0.3 is 0 Å². The smallest absolute Gasteiger partial charge is 0.223 e. The van der Waals surface area contributed by atoms with E-state index < -0.39 is 5.41 Å². The zero-order chi connectivity index (χ0) is 39.1. The van der Waals surface area contributed by atoms with Crippen molar-refractivity contribution >= 4 is 58.3 Å². The first kappa shape index (κ1) is 38.9. The van der Waals surface area contributed by atoms with Crippen molar-refractivity contribution in [2.75, 3.05) is 48.6 Å². The number of carbonyl (C=O) groups excluding carboxylic acids is 2. The molecule has 2 aliphatic heterocycles. The van der Waals surface area contributed by atoms with Crippen LogP contribution in [0.15, 0.2) is 12.4 Å². The Morgan fingerprint density at radius 1 is 0.778 bits per heavy atom. The molecular formula is C38H46Cl2N10O4. The van der Waals surface area contributed by atoms with Crippen molar-refractivity contribution in [2.45, 2.75) is 91.1 Å². The fourth-order valence-corrected chi connectivity index (χ4v) is 8.82. The van der Waals surface area contributed by atoms with Crippen molar-refractivity contribution in [2.24, 2.45) is 0 Å².